The van der Waals surface area contributed by atoms with Crippen LogP contribution in [0.3, 0.4) is 0 Å². The molecule has 0 aliphatic heterocycles. The topological polar surface area (TPSA) is 71.4 Å². The fraction of sp³-hybridized carbons (Fsp3) is 0.500. The monoisotopic (exact) mass is 543 g/mol. The third-order valence-corrected chi connectivity index (χ3v) is 4.80. The van der Waals surface area contributed by atoms with E-state index in [0.29, 0.717) is 19.0 Å². The lowest BCUT2D eigenvalue weighted by molar-refractivity contribution is -0.139. The predicted octanol–water partition coefficient (Wildman–Crippen LogP) is 3.91. The Hall–Kier alpha value is -1.63. The summed E-state index contributed by atoms with van der Waals surface area (Å²) >= 11 is 1.68. The highest BCUT2D eigenvalue weighted by molar-refractivity contribution is 14.0. The van der Waals surface area contributed by atoms with Gasteiger partial charge in [-0.3, -0.25) is 4.99 Å². The van der Waals surface area contributed by atoms with Crippen LogP contribution in [0.5, 0.6) is 5.88 Å². The molecule has 2 N–H and O–H groups in total. The molecule has 0 atom stereocenters. The van der Waals surface area contributed by atoms with Gasteiger partial charge in [-0.1, -0.05) is 6.92 Å². The summed E-state index contributed by atoms with van der Waals surface area (Å²) in [6, 6.07) is 2.18. The van der Waals surface area contributed by atoms with Crippen LogP contribution in [0.15, 0.2) is 29.5 Å². The Morgan fingerprint density at radius 3 is 2.69 bits per heavy atom. The fourth-order valence-electron chi connectivity index (χ4n) is 2.27. The van der Waals surface area contributed by atoms with Gasteiger partial charge in [-0.15, -0.1) is 35.3 Å². The largest absolute Gasteiger partial charge is 0.475 e. The molecule has 0 aliphatic carbocycles. The number of hydrogen-bond acceptors (Lipinski definition) is 5. The van der Waals surface area contributed by atoms with E-state index >= 15 is 0 Å². The number of rotatable bonds is 9. The Morgan fingerprint density at radius 1 is 1.24 bits per heavy atom. The Bertz CT molecular complexity index is 770. The van der Waals surface area contributed by atoms with Crippen LogP contribution >= 0.6 is 35.3 Å². The number of aromatic nitrogens is 2. The third kappa shape index (κ3) is 8.72. The maximum atomic E-state index is 12.9. The second-order valence-electron chi connectivity index (χ2n) is 5.71. The van der Waals surface area contributed by atoms with Crippen LogP contribution in [0.2, 0.25) is 0 Å². The first-order valence-corrected chi connectivity index (χ1v) is 9.86. The van der Waals surface area contributed by atoms with E-state index in [1.807, 2.05) is 13.1 Å². The van der Waals surface area contributed by atoms with Gasteiger partial charge in [0.15, 0.2) is 5.96 Å². The molecular formula is C18H25F3IN5OS. The van der Waals surface area contributed by atoms with Gasteiger partial charge < -0.3 is 15.4 Å². The van der Waals surface area contributed by atoms with Crippen molar-refractivity contribution in [2.24, 2.45) is 4.99 Å². The summed E-state index contributed by atoms with van der Waals surface area (Å²) in [7, 11) is 0. The zero-order chi connectivity index (χ0) is 20.4. The lowest BCUT2D eigenvalue weighted by atomic mass is 10.2. The Balaban J connectivity index is 0.00000420. The van der Waals surface area contributed by atoms with Crippen LogP contribution in [-0.2, 0) is 19.0 Å². The first-order valence-electron chi connectivity index (χ1n) is 9.04. The van der Waals surface area contributed by atoms with E-state index in [0.717, 1.165) is 23.9 Å². The van der Waals surface area contributed by atoms with Crippen molar-refractivity contribution in [3.8, 4) is 5.88 Å². The summed E-state index contributed by atoms with van der Waals surface area (Å²) in [4.78, 5) is 13.7. The first-order chi connectivity index (χ1) is 13.4. The highest BCUT2D eigenvalue weighted by Gasteiger charge is 2.34. The minimum atomic E-state index is -4.50. The average Bonchev–Trinajstić information content (AvgIpc) is 3.12. The quantitative estimate of drug-likeness (QED) is 0.217. The molecule has 0 fully saturated rings. The molecule has 0 aliphatic rings. The van der Waals surface area contributed by atoms with Gasteiger partial charge in [-0.2, -0.15) is 13.2 Å². The molecule has 0 saturated carbocycles. The van der Waals surface area contributed by atoms with Gasteiger partial charge in [0.25, 0.3) is 0 Å². The van der Waals surface area contributed by atoms with Crippen molar-refractivity contribution in [3.05, 3.63) is 40.0 Å². The van der Waals surface area contributed by atoms with E-state index in [2.05, 4.69) is 32.5 Å². The number of ether oxygens (including phenoxy) is 1. The first kappa shape index (κ1) is 25.4. The zero-order valence-electron chi connectivity index (χ0n) is 16.3. The number of pyridine rings is 1. The summed E-state index contributed by atoms with van der Waals surface area (Å²) in [5.74, 6) is 0.157. The standard InChI is InChI=1S/C18H24F3N5OS.HI/c1-3-13-12-26-15(28-13)7-9-24-17(22-4-2)25-10-11-27-16-14(18(19,20)21)6-5-8-23-16;/h5-6,8,12H,3-4,7,9-11H2,1-2H3,(H2,22,24,25);1H. The molecule has 0 spiro atoms. The number of aryl methyl sites for hydroxylation is 1. The molecular weight excluding hydrogens is 518 g/mol. The SMILES string of the molecule is CCNC(=NCCc1ncc(CC)s1)NCCOc1ncccc1C(F)(F)F.I. The van der Waals surface area contributed by atoms with E-state index in [1.165, 1.54) is 17.1 Å². The van der Waals surface area contributed by atoms with Gasteiger partial charge in [-0.25, -0.2) is 9.97 Å². The van der Waals surface area contributed by atoms with Gasteiger partial charge in [-0.05, 0) is 25.5 Å². The highest BCUT2D eigenvalue weighted by atomic mass is 127. The van der Waals surface area contributed by atoms with Crippen LogP contribution in [-0.4, -0.2) is 42.2 Å². The number of hydrogen-bond donors (Lipinski definition) is 2. The Labute approximate surface area is 189 Å². The number of nitrogens with one attached hydrogen (secondary N) is 2. The Kier molecular flexibility index (Phi) is 11.2. The summed E-state index contributed by atoms with van der Waals surface area (Å²) in [6.07, 6.45) is 0.363. The molecule has 6 nitrogen and oxygen atoms in total. The minimum Gasteiger partial charge on any atom is -0.475 e. The summed E-state index contributed by atoms with van der Waals surface area (Å²) in [5, 5.41) is 7.17. The van der Waals surface area contributed by atoms with Gasteiger partial charge in [0.05, 0.1) is 11.6 Å². The van der Waals surface area contributed by atoms with Crippen molar-refractivity contribution in [1.29, 1.82) is 0 Å². The summed E-state index contributed by atoms with van der Waals surface area (Å²) < 4.78 is 44.0. The number of alkyl halides is 3. The van der Waals surface area contributed by atoms with Crippen molar-refractivity contribution in [1.82, 2.24) is 20.6 Å². The lowest BCUT2D eigenvalue weighted by Gasteiger charge is -2.14. The number of guanidine groups is 1. The molecule has 11 heteroatoms. The molecule has 0 amide bonds. The molecule has 0 radical (unpaired) electrons. The van der Waals surface area contributed by atoms with Gasteiger partial charge in [0, 0.05) is 36.8 Å². The second-order valence-corrected chi connectivity index (χ2v) is 6.91. The van der Waals surface area contributed by atoms with Crippen LogP contribution in [0.1, 0.15) is 29.3 Å². The zero-order valence-corrected chi connectivity index (χ0v) is 19.4. The lowest BCUT2D eigenvalue weighted by Crippen LogP contribution is -2.39. The maximum Gasteiger partial charge on any atom is 0.421 e. The van der Waals surface area contributed by atoms with E-state index < -0.39 is 17.6 Å². The van der Waals surface area contributed by atoms with Crippen molar-refractivity contribution in [3.63, 3.8) is 0 Å². The van der Waals surface area contributed by atoms with Gasteiger partial charge in [0.1, 0.15) is 12.2 Å². The van der Waals surface area contributed by atoms with Crippen LogP contribution < -0.4 is 15.4 Å². The van der Waals surface area contributed by atoms with E-state index in [4.69, 9.17) is 4.74 Å². The van der Waals surface area contributed by atoms with E-state index in [-0.39, 0.29) is 37.1 Å². The third-order valence-electron chi connectivity index (χ3n) is 3.60. The van der Waals surface area contributed by atoms with Gasteiger partial charge in [0.2, 0.25) is 5.88 Å². The molecule has 0 aromatic carbocycles. The second kappa shape index (κ2) is 12.8. The van der Waals surface area contributed by atoms with Crippen molar-refractivity contribution in [2.75, 3.05) is 26.2 Å². The average molecular weight is 543 g/mol. The molecule has 2 aromatic heterocycles. The smallest absolute Gasteiger partial charge is 0.421 e. The molecule has 0 saturated heterocycles. The molecule has 29 heavy (non-hydrogen) atoms. The molecule has 0 bridgehead atoms. The molecule has 2 aromatic rings. The van der Waals surface area contributed by atoms with Crippen molar-refractivity contribution in [2.45, 2.75) is 32.9 Å². The summed E-state index contributed by atoms with van der Waals surface area (Å²) in [5.41, 5.74) is -0.884. The minimum absolute atomic E-state index is 0. The van der Waals surface area contributed by atoms with Crippen molar-refractivity contribution >= 4 is 41.3 Å². The number of halogens is 4. The molecule has 162 valence electrons. The van der Waals surface area contributed by atoms with E-state index in [9.17, 15) is 13.2 Å². The van der Waals surface area contributed by atoms with Gasteiger partial charge >= 0.3 is 6.18 Å². The molecule has 2 rings (SSSR count). The number of aliphatic imine (C=N–C) groups is 1. The highest BCUT2D eigenvalue weighted by Crippen LogP contribution is 2.34. The predicted molar refractivity (Wildman–Crippen MR) is 119 cm³/mol. The summed E-state index contributed by atoms with van der Waals surface area (Å²) in [6.45, 7) is 5.57. The fourth-order valence-corrected chi connectivity index (χ4v) is 3.12. The number of thiazole rings is 1. The van der Waals surface area contributed by atoms with Crippen molar-refractivity contribution < 1.29 is 17.9 Å². The van der Waals surface area contributed by atoms with Crippen LogP contribution in [0, 0.1) is 0 Å². The maximum absolute atomic E-state index is 12.9. The Morgan fingerprint density at radius 2 is 2.03 bits per heavy atom. The molecule has 2 heterocycles. The number of nitrogens with zero attached hydrogens (tertiary/aromatic N) is 3. The van der Waals surface area contributed by atoms with Crippen LogP contribution in [0.4, 0.5) is 13.2 Å². The normalized spacial score (nSPS) is 11.7. The van der Waals surface area contributed by atoms with Crippen LogP contribution in [0.25, 0.3) is 0 Å². The molecule has 0 unspecified atom stereocenters. The van der Waals surface area contributed by atoms with E-state index in [1.54, 1.807) is 11.3 Å².